The fourth-order valence-corrected chi connectivity index (χ4v) is 8.24. The van der Waals surface area contributed by atoms with Crippen molar-refractivity contribution in [3.63, 3.8) is 0 Å². The predicted molar refractivity (Wildman–Crippen MR) is 227 cm³/mol. The number of anilines is 3. The molecule has 14 nitrogen and oxygen atoms in total. The molecule has 3 N–H and O–H groups in total. The summed E-state index contributed by atoms with van der Waals surface area (Å²) in [6.45, 7) is -4.69. The molecule has 0 spiro atoms. The summed E-state index contributed by atoms with van der Waals surface area (Å²) in [5.74, 6) is -2.88. The molecule has 2 aliphatic rings. The first-order valence-corrected chi connectivity index (χ1v) is 21.7. The van der Waals surface area contributed by atoms with Crippen LogP contribution in [0.15, 0.2) is 72.8 Å². The molecule has 0 radical (unpaired) electrons. The zero-order valence-corrected chi connectivity index (χ0v) is 39.3. The molecule has 3 aromatic carbocycles. The number of nitrogens with zero attached hydrogens (tertiary/aromatic N) is 6. The van der Waals surface area contributed by atoms with Crippen LogP contribution in [-0.4, -0.2) is 177 Å². The Bertz CT molecular complexity index is 2340. The van der Waals surface area contributed by atoms with Crippen LogP contribution in [0, 0.1) is 0 Å². The first kappa shape index (κ1) is 60.9. The number of carbonyl (C=O) groups excluding carboxylic acids is 3. The lowest BCUT2D eigenvalue weighted by Crippen LogP contribution is -2.69. The summed E-state index contributed by atoms with van der Waals surface area (Å²) in [7, 11) is 3.50. The van der Waals surface area contributed by atoms with Crippen LogP contribution in [0.3, 0.4) is 0 Å². The summed E-state index contributed by atoms with van der Waals surface area (Å²) in [5.41, 5.74) is -21.4. The molecular formula is C44H44F18N6O8. The van der Waals surface area contributed by atoms with Gasteiger partial charge in [0.1, 0.15) is 12.3 Å². The standard InChI is InChI=1S/C44H44F18N6O8/c1-63(28-10-4-25(5-11-28)36(72,39(45,46)47)40(48,49)50)20-33(69)66-16-18-75-23-31(66)68(35(71)22-65(3)30-14-8-27(9-15-30)38(74,43(57,58)59)44(60,61)62)32-24-76-19-17-67(32)34(70)21-64(2)29-12-6-26(7-13-29)37(73,41(51,52)53)42(54,55)56/h4-15,31-32,72-74H,16-24H2,1-3H3. The summed E-state index contributed by atoms with van der Waals surface area (Å²) in [6, 6.07) is 6.13. The molecule has 76 heavy (non-hydrogen) atoms. The van der Waals surface area contributed by atoms with Gasteiger partial charge in [-0.1, -0.05) is 36.4 Å². The summed E-state index contributed by atoms with van der Waals surface area (Å²) in [5, 5.41) is 29.5. The van der Waals surface area contributed by atoms with Gasteiger partial charge in [-0.25, -0.2) is 0 Å². The summed E-state index contributed by atoms with van der Waals surface area (Å²) < 4.78 is 256. The fourth-order valence-electron chi connectivity index (χ4n) is 8.24. The van der Waals surface area contributed by atoms with Gasteiger partial charge in [0.2, 0.25) is 17.7 Å². The van der Waals surface area contributed by atoms with Crippen LogP contribution in [0.5, 0.6) is 0 Å². The lowest BCUT2D eigenvalue weighted by Gasteiger charge is -2.50. The van der Waals surface area contributed by atoms with E-state index in [1.54, 1.807) is 0 Å². The second kappa shape index (κ2) is 21.4. The number of hydrogen-bond acceptors (Lipinski definition) is 11. The molecule has 0 aliphatic carbocycles. The number of hydrogen-bond donors (Lipinski definition) is 3. The third-order valence-corrected chi connectivity index (χ3v) is 12.5. The van der Waals surface area contributed by atoms with Gasteiger partial charge >= 0.3 is 37.1 Å². The Labute approximate surface area is 418 Å². The molecule has 0 saturated carbocycles. The SMILES string of the molecule is CN(CC(=O)N1CCOCC1N(C(=O)CN(C)c1ccc(C(O)(C(F)(F)F)C(F)(F)F)cc1)C1COCCN1C(=O)CN(C)c1ccc(C(O)(C(F)(F)F)C(F)(F)F)cc1)c1ccc(C(O)(C(F)(F)F)C(F)(F)F)cc1. The van der Waals surface area contributed by atoms with Crippen molar-refractivity contribution in [3.05, 3.63) is 89.5 Å². The van der Waals surface area contributed by atoms with Gasteiger partial charge in [0.25, 0.3) is 16.8 Å². The minimum absolute atomic E-state index is 0.175. The second-order valence-corrected chi connectivity index (χ2v) is 17.4. The number of morpholine rings is 2. The van der Waals surface area contributed by atoms with Crippen LogP contribution in [-0.2, 0) is 40.7 Å². The summed E-state index contributed by atoms with van der Waals surface area (Å²) >= 11 is 0. The van der Waals surface area contributed by atoms with E-state index in [0.29, 0.717) is 36.4 Å². The molecule has 2 unspecified atom stereocenters. The van der Waals surface area contributed by atoms with Gasteiger partial charge in [-0.15, -0.1) is 0 Å². The Hall–Kier alpha value is -5.99. The summed E-state index contributed by atoms with van der Waals surface area (Å²) in [6.07, 6.45) is -40.6. The molecule has 2 atom stereocenters. The number of alkyl halides is 18. The smallest absolute Gasteiger partial charge is 0.376 e. The molecule has 2 fully saturated rings. The highest BCUT2D eigenvalue weighted by Crippen LogP contribution is 2.53. The average Bonchev–Trinajstić information content (AvgIpc) is 3.31. The van der Waals surface area contributed by atoms with Crippen LogP contribution < -0.4 is 14.7 Å². The van der Waals surface area contributed by atoms with Crippen molar-refractivity contribution in [1.82, 2.24) is 14.7 Å². The monoisotopic (exact) mass is 1130 g/mol. The van der Waals surface area contributed by atoms with Crippen LogP contribution in [0.25, 0.3) is 0 Å². The zero-order chi connectivity index (χ0) is 57.6. The topological polar surface area (TPSA) is 150 Å². The van der Waals surface area contributed by atoms with E-state index in [9.17, 15) is 109 Å². The molecule has 3 amide bonds. The third-order valence-electron chi connectivity index (χ3n) is 12.5. The molecule has 424 valence electrons. The Balaban J connectivity index is 1.49. The van der Waals surface area contributed by atoms with E-state index in [4.69, 9.17) is 9.47 Å². The van der Waals surface area contributed by atoms with E-state index < -0.39 is 133 Å². The number of aliphatic hydroxyl groups is 3. The normalized spacial score (nSPS) is 17.8. The quantitative estimate of drug-likeness (QED) is 0.151. The van der Waals surface area contributed by atoms with Gasteiger partial charge in [-0.3, -0.25) is 19.3 Å². The van der Waals surface area contributed by atoms with E-state index in [-0.39, 0.29) is 55.5 Å². The molecule has 0 aromatic heterocycles. The summed E-state index contributed by atoms with van der Waals surface area (Å²) in [4.78, 5) is 49.2. The molecule has 32 heteroatoms. The van der Waals surface area contributed by atoms with Gasteiger partial charge in [0.15, 0.2) is 0 Å². The minimum atomic E-state index is -6.26. The molecule has 3 aromatic rings. The number of amides is 3. The highest BCUT2D eigenvalue weighted by molar-refractivity contribution is 5.86. The second-order valence-electron chi connectivity index (χ2n) is 17.4. The van der Waals surface area contributed by atoms with Crippen molar-refractivity contribution < 1.29 is 118 Å². The third kappa shape index (κ3) is 11.6. The number of rotatable bonds is 14. The van der Waals surface area contributed by atoms with Crippen molar-refractivity contribution in [1.29, 1.82) is 0 Å². The Morgan fingerprint density at radius 1 is 0.447 bits per heavy atom. The van der Waals surface area contributed by atoms with Crippen molar-refractivity contribution in [3.8, 4) is 0 Å². The molecular weight excluding hydrogens is 1080 g/mol. The maximum absolute atomic E-state index is 14.7. The largest absolute Gasteiger partial charge is 0.430 e. The van der Waals surface area contributed by atoms with Gasteiger partial charge in [0.05, 0.1) is 46.1 Å². The fraction of sp³-hybridized carbons (Fsp3) is 0.523. The van der Waals surface area contributed by atoms with Gasteiger partial charge in [-0.05, 0) is 36.4 Å². The Morgan fingerprint density at radius 2 is 0.684 bits per heavy atom. The van der Waals surface area contributed by atoms with E-state index in [1.807, 2.05) is 0 Å². The zero-order valence-electron chi connectivity index (χ0n) is 39.3. The van der Waals surface area contributed by atoms with Crippen molar-refractivity contribution in [2.45, 2.75) is 66.2 Å². The van der Waals surface area contributed by atoms with E-state index >= 15 is 0 Å². The van der Waals surface area contributed by atoms with Crippen molar-refractivity contribution >= 4 is 34.8 Å². The Kier molecular flexibility index (Phi) is 17.2. The lowest BCUT2D eigenvalue weighted by atomic mass is 9.92. The Morgan fingerprint density at radius 3 is 0.921 bits per heavy atom. The molecule has 2 heterocycles. The number of ether oxygens (including phenoxy) is 2. The number of carbonyl (C=O) groups is 3. The van der Waals surface area contributed by atoms with Crippen LogP contribution in [0.1, 0.15) is 16.7 Å². The molecule has 5 rings (SSSR count). The van der Waals surface area contributed by atoms with Crippen LogP contribution >= 0.6 is 0 Å². The molecule has 2 saturated heterocycles. The predicted octanol–water partition coefficient (Wildman–Crippen LogP) is 6.53. The van der Waals surface area contributed by atoms with E-state index in [1.165, 1.54) is 14.1 Å². The number of halogens is 18. The molecule has 0 bridgehead atoms. The van der Waals surface area contributed by atoms with Gasteiger partial charge in [0, 0.05) is 68.0 Å². The van der Waals surface area contributed by atoms with Crippen LogP contribution in [0.2, 0.25) is 0 Å². The van der Waals surface area contributed by atoms with Crippen molar-refractivity contribution in [2.75, 3.05) is 95.0 Å². The molecule has 2 aliphatic heterocycles. The van der Waals surface area contributed by atoms with Gasteiger partial charge < -0.3 is 49.3 Å². The van der Waals surface area contributed by atoms with E-state index in [2.05, 4.69) is 0 Å². The van der Waals surface area contributed by atoms with Crippen LogP contribution in [0.4, 0.5) is 96.1 Å². The van der Waals surface area contributed by atoms with E-state index in [0.717, 1.165) is 60.7 Å². The average molecular weight is 1130 g/mol. The number of benzene rings is 3. The maximum Gasteiger partial charge on any atom is 0.430 e. The van der Waals surface area contributed by atoms with Gasteiger partial charge in [-0.2, -0.15) is 79.0 Å². The highest BCUT2D eigenvalue weighted by Gasteiger charge is 2.73. The first-order valence-electron chi connectivity index (χ1n) is 21.7. The van der Waals surface area contributed by atoms with Crippen molar-refractivity contribution in [2.24, 2.45) is 0 Å². The number of likely N-dealkylation sites (N-methyl/N-ethyl adjacent to an activating group) is 3. The minimum Gasteiger partial charge on any atom is -0.376 e. The first-order chi connectivity index (χ1) is 34.6. The maximum atomic E-state index is 14.7. The lowest BCUT2D eigenvalue weighted by molar-refractivity contribution is -0.376. The highest BCUT2D eigenvalue weighted by atomic mass is 19.4.